The lowest BCUT2D eigenvalue weighted by Gasteiger charge is -2.29. The van der Waals surface area contributed by atoms with Gasteiger partial charge in [-0.05, 0) is 46.9 Å². The van der Waals surface area contributed by atoms with E-state index < -0.39 is 6.04 Å². The van der Waals surface area contributed by atoms with E-state index in [1.54, 1.807) is 4.90 Å². The number of anilines is 1. The molecular weight excluding hydrogens is 368 g/mol. The molecule has 0 bridgehead atoms. The van der Waals surface area contributed by atoms with Gasteiger partial charge in [0.05, 0.1) is 0 Å². The molecule has 0 aromatic heterocycles. The summed E-state index contributed by atoms with van der Waals surface area (Å²) in [7, 11) is 0. The monoisotopic (exact) mass is 390 g/mol. The summed E-state index contributed by atoms with van der Waals surface area (Å²) in [4.78, 5) is 38.0. The Kier molecular flexibility index (Phi) is 4.32. The third-order valence-electron chi connectivity index (χ3n) is 5.93. The van der Waals surface area contributed by atoms with Crippen molar-refractivity contribution < 1.29 is 14.4 Å². The zero-order chi connectivity index (χ0) is 20.0. The van der Waals surface area contributed by atoms with Crippen LogP contribution in [0.2, 0.25) is 0 Å². The van der Waals surface area contributed by atoms with Crippen LogP contribution in [-0.4, -0.2) is 28.7 Å². The lowest BCUT2D eigenvalue weighted by molar-refractivity contribution is -0.136. The normalized spacial score (nSPS) is 20.5. The first-order valence-electron chi connectivity index (χ1n) is 9.91. The lowest BCUT2D eigenvalue weighted by Crippen LogP contribution is -2.52. The highest BCUT2D eigenvalue weighted by atomic mass is 16.2. The van der Waals surface area contributed by atoms with Crippen molar-refractivity contribution >= 4 is 23.4 Å². The Bertz CT molecular complexity index is 1030. The summed E-state index contributed by atoms with van der Waals surface area (Å²) in [6.45, 7) is 2.85. The fraction of sp³-hybridized carbons (Fsp3) is 0.318. The third-order valence-corrected chi connectivity index (χ3v) is 5.93. The molecule has 29 heavy (non-hydrogen) atoms. The van der Waals surface area contributed by atoms with E-state index in [1.807, 2.05) is 18.2 Å². The van der Waals surface area contributed by atoms with Crippen molar-refractivity contribution in [3.05, 3.63) is 64.2 Å². The van der Waals surface area contributed by atoms with Gasteiger partial charge in [0.2, 0.25) is 11.8 Å². The van der Waals surface area contributed by atoms with Crippen LogP contribution in [-0.2, 0) is 35.8 Å². The minimum absolute atomic E-state index is 0.139. The van der Waals surface area contributed by atoms with Crippen LogP contribution in [0.3, 0.4) is 0 Å². The molecule has 3 heterocycles. The number of piperidine rings is 1. The highest BCUT2D eigenvalue weighted by Gasteiger charge is 2.39. The molecule has 1 atom stereocenters. The molecule has 0 aliphatic carbocycles. The summed E-state index contributed by atoms with van der Waals surface area (Å²) in [6.07, 6.45) is 0.647. The number of rotatable bonds is 4. The van der Waals surface area contributed by atoms with Gasteiger partial charge < -0.3 is 15.5 Å². The maximum atomic E-state index is 12.9. The fourth-order valence-electron chi connectivity index (χ4n) is 4.32. The first kappa shape index (κ1) is 17.9. The second-order valence-corrected chi connectivity index (χ2v) is 7.83. The fourth-order valence-corrected chi connectivity index (χ4v) is 4.32. The molecule has 1 unspecified atom stereocenters. The second kappa shape index (κ2) is 7.00. The van der Waals surface area contributed by atoms with Crippen molar-refractivity contribution in [2.24, 2.45) is 0 Å². The van der Waals surface area contributed by atoms with Gasteiger partial charge in [-0.15, -0.1) is 0 Å². The van der Waals surface area contributed by atoms with Crippen molar-refractivity contribution in [3.63, 3.8) is 0 Å². The average molecular weight is 390 g/mol. The summed E-state index contributed by atoms with van der Waals surface area (Å²) in [6, 6.07) is 11.7. The number of nitrogens with one attached hydrogen (secondary N) is 3. The number of nitrogens with zero attached hydrogens (tertiary/aromatic N) is 1. The topological polar surface area (TPSA) is 90.5 Å². The summed E-state index contributed by atoms with van der Waals surface area (Å²) in [5.41, 5.74) is 6.30. The number of hydrogen-bond acceptors (Lipinski definition) is 5. The van der Waals surface area contributed by atoms with Crippen molar-refractivity contribution in [2.45, 2.75) is 45.1 Å². The molecule has 5 rings (SSSR count). The van der Waals surface area contributed by atoms with Gasteiger partial charge >= 0.3 is 0 Å². The van der Waals surface area contributed by atoms with Gasteiger partial charge in [0.15, 0.2) is 0 Å². The number of hydrogen-bond donors (Lipinski definition) is 3. The maximum Gasteiger partial charge on any atom is 0.255 e. The number of benzene rings is 2. The second-order valence-electron chi connectivity index (χ2n) is 7.83. The van der Waals surface area contributed by atoms with Crippen molar-refractivity contribution in [1.82, 2.24) is 15.5 Å². The molecule has 7 nitrogen and oxygen atoms in total. The minimum atomic E-state index is -0.575. The van der Waals surface area contributed by atoms with Crippen LogP contribution in [0.5, 0.6) is 0 Å². The smallest absolute Gasteiger partial charge is 0.255 e. The van der Waals surface area contributed by atoms with Crippen molar-refractivity contribution in [1.29, 1.82) is 0 Å². The van der Waals surface area contributed by atoms with E-state index in [4.69, 9.17) is 0 Å². The number of carbonyl (C=O) groups is 3. The average Bonchev–Trinajstić information content (AvgIpc) is 3.31. The Morgan fingerprint density at radius 1 is 1.00 bits per heavy atom. The molecule has 3 N–H and O–H groups in total. The van der Waals surface area contributed by atoms with E-state index in [2.05, 4.69) is 34.1 Å². The van der Waals surface area contributed by atoms with E-state index in [-0.39, 0.29) is 24.1 Å². The van der Waals surface area contributed by atoms with Gasteiger partial charge in [0, 0.05) is 43.9 Å². The summed E-state index contributed by atoms with van der Waals surface area (Å²) in [5.74, 6) is -0.790. The van der Waals surface area contributed by atoms with Crippen LogP contribution >= 0.6 is 0 Å². The largest absolute Gasteiger partial charge is 0.381 e. The van der Waals surface area contributed by atoms with Crippen LogP contribution in [0.25, 0.3) is 0 Å². The molecule has 7 heteroatoms. The molecule has 3 aliphatic heterocycles. The van der Waals surface area contributed by atoms with Crippen LogP contribution in [0.4, 0.5) is 5.69 Å². The van der Waals surface area contributed by atoms with Gasteiger partial charge in [-0.2, -0.15) is 0 Å². The SMILES string of the molecule is O=C1CCC(N2Cc3ccc(CNc4ccc5c(c4)CNC5)cc3C2=O)C(=O)N1. The van der Waals surface area contributed by atoms with E-state index in [0.717, 1.165) is 29.9 Å². The molecule has 0 spiro atoms. The van der Waals surface area contributed by atoms with Crippen molar-refractivity contribution in [2.75, 3.05) is 5.32 Å². The molecule has 0 radical (unpaired) electrons. The third kappa shape index (κ3) is 3.27. The molecule has 3 aliphatic rings. The van der Waals surface area contributed by atoms with E-state index in [1.165, 1.54) is 11.1 Å². The molecular formula is C22H22N4O3. The quantitative estimate of drug-likeness (QED) is 0.691. The summed E-state index contributed by atoms with van der Waals surface area (Å²) >= 11 is 0. The Hall–Kier alpha value is -3.19. The first-order chi connectivity index (χ1) is 14.1. The molecule has 0 saturated carbocycles. The Morgan fingerprint density at radius 3 is 2.69 bits per heavy atom. The van der Waals surface area contributed by atoms with Crippen LogP contribution in [0.1, 0.15) is 45.5 Å². The van der Waals surface area contributed by atoms with Crippen molar-refractivity contribution in [3.8, 4) is 0 Å². The highest BCUT2D eigenvalue weighted by Crippen LogP contribution is 2.28. The number of amides is 3. The molecule has 148 valence electrons. The van der Waals surface area contributed by atoms with Gasteiger partial charge in [0.1, 0.15) is 6.04 Å². The van der Waals surface area contributed by atoms with Gasteiger partial charge in [-0.1, -0.05) is 18.2 Å². The Labute approximate surface area is 168 Å². The van der Waals surface area contributed by atoms with Gasteiger partial charge in [0.25, 0.3) is 5.91 Å². The molecule has 1 saturated heterocycles. The zero-order valence-electron chi connectivity index (χ0n) is 16.0. The molecule has 1 fully saturated rings. The van der Waals surface area contributed by atoms with E-state index >= 15 is 0 Å². The Balaban J connectivity index is 1.29. The van der Waals surface area contributed by atoms with E-state index in [9.17, 15) is 14.4 Å². The molecule has 2 aromatic carbocycles. The van der Waals surface area contributed by atoms with Gasteiger partial charge in [-0.25, -0.2) is 0 Å². The van der Waals surface area contributed by atoms with Gasteiger partial charge in [-0.3, -0.25) is 19.7 Å². The standard InChI is InChI=1S/C22H22N4O3/c27-20-6-5-19(21(28)25-20)26-12-15-2-1-13(7-18(15)22(26)29)9-24-17-4-3-14-10-23-11-16(14)8-17/h1-4,7-8,19,23-24H,5-6,9-12H2,(H,25,27,28). The minimum Gasteiger partial charge on any atom is -0.381 e. The summed E-state index contributed by atoms with van der Waals surface area (Å²) in [5, 5.41) is 9.11. The predicted octanol–water partition coefficient (Wildman–Crippen LogP) is 1.66. The number of fused-ring (bicyclic) bond motifs is 2. The maximum absolute atomic E-state index is 12.9. The van der Waals surface area contributed by atoms with E-state index in [0.29, 0.717) is 25.1 Å². The lowest BCUT2D eigenvalue weighted by atomic mass is 10.0. The predicted molar refractivity (Wildman–Crippen MR) is 107 cm³/mol. The molecule has 2 aromatic rings. The first-order valence-corrected chi connectivity index (χ1v) is 9.91. The number of imide groups is 1. The summed E-state index contributed by atoms with van der Waals surface area (Å²) < 4.78 is 0. The Morgan fingerprint density at radius 2 is 1.83 bits per heavy atom. The van der Waals surface area contributed by atoms with Crippen LogP contribution in [0, 0.1) is 0 Å². The van der Waals surface area contributed by atoms with Crippen LogP contribution in [0.15, 0.2) is 36.4 Å². The zero-order valence-corrected chi connectivity index (χ0v) is 16.0. The van der Waals surface area contributed by atoms with Crippen LogP contribution < -0.4 is 16.0 Å². The highest BCUT2D eigenvalue weighted by molar-refractivity contribution is 6.05. The molecule has 3 amide bonds. The number of carbonyl (C=O) groups excluding carboxylic acids is 3.